The van der Waals surface area contributed by atoms with Crippen LogP contribution in [0.2, 0.25) is 0 Å². The second kappa shape index (κ2) is 9.14. The fourth-order valence-electron chi connectivity index (χ4n) is 4.39. The van der Waals surface area contributed by atoms with E-state index >= 15 is 0 Å². The predicted molar refractivity (Wildman–Crippen MR) is 122 cm³/mol. The van der Waals surface area contributed by atoms with Crippen molar-refractivity contribution in [2.45, 2.75) is 19.9 Å². The highest BCUT2D eigenvalue weighted by atomic mass is 19.3. The number of aromatic nitrogens is 5. The summed E-state index contributed by atoms with van der Waals surface area (Å²) in [6.45, 7) is 5.06. The smallest absolute Gasteiger partial charge is 0.280 e. The van der Waals surface area contributed by atoms with Crippen molar-refractivity contribution >= 4 is 11.6 Å². The van der Waals surface area contributed by atoms with Crippen molar-refractivity contribution in [3.05, 3.63) is 71.1 Å². The first-order chi connectivity index (χ1) is 16.8. The van der Waals surface area contributed by atoms with E-state index in [9.17, 15) is 18.0 Å². The molecular formula is C24H24F3N7O. The molecule has 1 saturated heterocycles. The van der Waals surface area contributed by atoms with Gasteiger partial charge in [-0.25, -0.2) is 22.7 Å². The van der Waals surface area contributed by atoms with Gasteiger partial charge in [-0.1, -0.05) is 0 Å². The van der Waals surface area contributed by atoms with E-state index in [-0.39, 0.29) is 28.5 Å². The van der Waals surface area contributed by atoms with Crippen LogP contribution in [0.25, 0.3) is 16.9 Å². The number of benzene rings is 1. The second-order valence-electron chi connectivity index (χ2n) is 8.65. The number of fused-ring (bicyclic) bond motifs is 1. The minimum atomic E-state index is -2.83. The Labute approximate surface area is 199 Å². The molecule has 0 atom stereocenters. The van der Waals surface area contributed by atoms with Gasteiger partial charge in [0, 0.05) is 57.1 Å². The quantitative estimate of drug-likeness (QED) is 0.435. The van der Waals surface area contributed by atoms with Gasteiger partial charge in [0.15, 0.2) is 5.65 Å². The lowest BCUT2D eigenvalue weighted by Gasteiger charge is -2.34. The molecular weight excluding hydrogens is 459 g/mol. The van der Waals surface area contributed by atoms with Gasteiger partial charge < -0.3 is 4.90 Å². The van der Waals surface area contributed by atoms with Crippen LogP contribution < -0.4 is 0 Å². The van der Waals surface area contributed by atoms with E-state index < -0.39 is 12.2 Å². The van der Waals surface area contributed by atoms with Crippen molar-refractivity contribution in [3.8, 4) is 11.3 Å². The lowest BCUT2D eigenvalue weighted by molar-refractivity contribution is 0.0629. The van der Waals surface area contributed by atoms with Gasteiger partial charge in [-0.2, -0.15) is 10.2 Å². The number of amides is 1. The molecule has 0 aliphatic carbocycles. The first-order valence-electron chi connectivity index (χ1n) is 11.2. The highest BCUT2D eigenvalue weighted by Gasteiger charge is 2.27. The van der Waals surface area contributed by atoms with Crippen LogP contribution in [0.4, 0.5) is 13.2 Å². The molecule has 5 rings (SSSR count). The average Bonchev–Trinajstić information content (AvgIpc) is 3.41. The number of piperazine rings is 1. The number of rotatable bonds is 5. The summed E-state index contributed by atoms with van der Waals surface area (Å²) < 4.78 is 43.8. The van der Waals surface area contributed by atoms with Crippen LogP contribution in [0, 0.1) is 12.7 Å². The minimum absolute atomic E-state index is 0.0561. The third kappa shape index (κ3) is 4.51. The summed E-state index contributed by atoms with van der Waals surface area (Å²) in [5.41, 5.74) is 2.65. The van der Waals surface area contributed by atoms with Crippen molar-refractivity contribution in [1.82, 2.24) is 34.2 Å². The van der Waals surface area contributed by atoms with E-state index in [1.54, 1.807) is 9.58 Å². The van der Waals surface area contributed by atoms with Crippen molar-refractivity contribution < 1.29 is 18.0 Å². The zero-order chi connectivity index (χ0) is 24.7. The lowest BCUT2D eigenvalue weighted by Crippen LogP contribution is -2.48. The molecule has 4 heterocycles. The maximum Gasteiger partial charge on any atom is 0.280 e. The number of hydrogen-bond donors (Lipinski definition) is 0. The van der Waals surface area contributed by atoms with Crippen LogP contribution >= 0.6 is 0 Å². The summed E-state index contributed by atoms with van der Waals surface area (Å²) in [5.74, 6) is -0.747. The van der Waals surface area contributed by atoms with Crippen LogP contribution in [0.3, 0.4) is 0 Å². The van der Waals surface area contributed by atoms with E-state index in [1.807, 2.05) is 20.2 Å². The van der Waals surface area contributed by atoms with Crippen molar-refractivity contribution in [2.24, 2.45) is 7.05 Å². The zero-order valence-electron chi connectivity index (χ0n) is 19.3. The number of alkyl halides is 2. The van der Waals surface area contributed by atoms with Gasteiger partial charge in [0.2, 0.25) is 0 Å². The maximum atomic E-state index is 13.8. The standard InChI is InChI=1S/C24H24F3N7O/c1-15-17(13-31(2)30-15)14-32-7-9-33(10-8-32)24(35)19-12-28-34-21(22(26)27)11-20(29-23(19)34)16-3-5-18(25)6-4-16/h3-6,11-13,22H,7-10,14H2,1-2H3. The molecule has 0 radical (unpaired) electrons. The van der Waals surface area contributed by atoms with Crippen LogP contribution in [0.15, 0.2) is 42.7 Å². The van der Waals surface area contributed by atoms with E-state index in [4.69, 9.17) is 0 Å². The minimum Gasteiger partial charge on any atom is -0.336 e. The summed E-state index contributed by atoms with van der Waals surface area (Å²) in [5, 5.41) is 8.41. The summed E-state index contributed by atoms with van der Waals surface area (Å²) in [7, 11) is 1.89. The first kappa shape index (κ1) is 23.0. The topological polar surface area (TPSA) is 71.6 Å². The third-order valence-corrected chi connectivity index (χ3v) is 6.26. The number of nitrogens with zero attached hydrogens (tertiary/aromatic N) is 7. The molecule has 1 amide bonds. The number of halogens is 3. The molecule has 1 fully saturated rings. The fourth-order valence-corrected chi connectivity index (χ4v) is 4.39. The molecule has 4 aromatic rings. The third-order valence-electron chi connectivity index (χ3n) is 6.26. The van der Waals surface area contributed by atoms with Crippen molar-refractivity contribution in [2.75, 3.05) is 26.2 Å². The SMILES string of the molecule is Cc1nn(C)cc1CN1CCN(C(=O)c2cnn3c(C(F)F)cc(-c4ccc(F)cc4)nc23)CC1. The molecule has 0 N–H and O–H groups in total. The summed E-state index contributed by atoms with van der Waals surface area (Å²) in [4.78, 5) is 21.7. The van der Waals surface area contributed by atoms with E-state index in [1.165, 1.54) is 36.5 Å². The normalized spacial score (nSPS) is 14.9. The van der Waals surface area contributed by atoms with Crippen molar-refractivity contribution in [1.29, 1.82) is 0 Å². The predicted octanol–water partition coefficient (Wildman–Crippen LogP) is 3.47. The Bertz CT molecular complexity index is 1370. The van der Waals surface area contributed by atoms with Gasteiger partial charge in [-0.15, -0.1) is 0 Å². The summed E-state index contributed by atoms with van der Waals surface area (Å²) in [6, 6.07) is 6.61. The summed E-state index contributed by atoms with van der Waals surface area (Å²) in [6.07, 6.45) is 0.453. The van der Waals surface area contributed by atoms with Crippen LogP contribution in [-0.2, 0) is 13.6 Å². The Morgan fingerprint density at radius 2 is 1.83 bits per heavy atom. The molecule has 3 aromatic heterocycles. The van der Waals surface area contributed by atoms with E-state index in [0.29, 0.717) is 31.7 Å². The molecule has 8 nitrogen and oxygen atoms in total. The van der Waals surface area contributed by atoms with E-state index in [2.05, 4.69) is 20.1 Å². The molecule has 1 aliphatic rings. The molecule has 1 aromatic carbocycles. The molecule has 0 unspecified atom stereocenters. The largest absolute Gasteiger partial charge is 0.336 e. The molecule has 0 bridgehead atoms. The van der Waals surface area contributed by atoms with Crippen molar-refractivity contribution in [3.63, 3.8) is 0 Å². The van der Waals surface area contributed by atoms with Crippen LogP contribution in [-0.4, -0.2) is 66.3 Å². The van der Waals surface area contributed by atoms with Gasteiger partial charge in [0.25, 0.3) is 12.3 Å². The van der Waals surface area contributed by atoms with Gasteiger partial charge in [0.05, 0.1) is 17.6 Å². The highest BCUT2D eigenvalue weighted by Crippen LogP contribution is 2.27. The molecule has 182 valence electrons. The first-order valence-corrected chi connectivity index (χ1v) is 11.2. The van der Waals surface area contributed by atoms with Gasteiger partial charge in [-0.3, -0.25) is 14.4 Å². The molecule has 0 saturated carbocycles. The molecule has 35 heavy (non-hydrogen) atoms. The Morgan fingerprint density at radius 3 is 2.46 bits per heavy atom. The summed E-state index contributed by atoms with van der Waals surface area (Å²) >= 11 is 0. The fraction of sp³-hybridized carbons (Fsp3) is 0.333. The van der Waals surface area contributed by atoms with Gasteiger partial charge in [0.1, 0.15) is 17.1 Å². The number of aryl methyl sites for hydroxylation is 2. The van der Waals surface area contributed by atoms with Gasteiger partial charge in [-0.05, 0) is 37.3 Å². The zero-order valence-corrected chi connectivity index (χ0v) is 19.3. The number of carbonyl (C=O) groups is 1. The Hall–Kier alpha value is -3.73. The molecule has 1 aliphatic heterocycles. The highest BCUT2D eigenvalue weighted by molar-refractivity contribution is 6.00. The second-order valence-corrected chi connectivity index (χ2v) is 8.65. The lowest BCUT2D eigenvalue weighted by atomic mass is 10.1. The Kier molecular flexibility index (Phi) is 6.01. The maximum absolute atomic E-state index is 13.8. The number of hydrogen-bond acceptors (Lipinski definition) is 5. The van der Waals surface area contributed by atoms with Crippen LogP contribution in [0.1, 0.15) is 33.7 Å². The average molecular weight is 483 g/mol. The molecule has 0 spiro atoms. The monoisotopic (exact) mass is 483 g/mol. The Morgan fingerprint density at radius 1 is 1.11 bits per heavy atom. The molecule has 11 heteroatoms. The Balaban J connectivity index is 1.39. The van der Waals surface area contributed by atoms with Gasteiger partial charge >= 0.3 is 0 Å². The van der Waals surface area contributed by atoms with E-state index in [0.717, 1.165) is 22.3 Å². The number of carbonyl (C=O) groups excluding carboxylic acids is 1. The van der Waals surface area contributed by atoms with Crippen LogP contribution in [0.5, 0.6) is 0 Å².